The Morgan fingerprint density at radius 2 is 1.00 bits per heavy atom. The molecule has 0 saturated heterocycles. The average molecular weight is 159 g/mol. The molecule has 4 N–H and O–H groups in total. The topological polar surface area (TPSA) is 143 Å². The molecule has 0 amide bonds. The summed E-state index contributed by atoms with van der Waals surface area (Å²) in [7, 11) is -5.17. The van der Waals surface area contributed by atoms with Crippen molar-refractivity contribution in [1.29, 1.82) is 0 Å². The SMILES string of the molecule is O.O.O=S(=O)([O-])[O-].[Al+3]. The van der Waals surface area contributed by atoms with Crippen LogP contribution in [0, 0.1) is 0 Å². The van der Waals surface area contributed by atoms with E-state index in [0.29, 0.717) is 0 Å². The van der Waals surface area contributed by atoms with E-state index >= 15 is 0 Å². The van der Waals surface area contributed by atoms with E-state index in [-0.39, 0.29) is 28.3 Å². The molecule has 0 fully saturated rings. The number of hydrogen-bond donors (Lipinski definition) is 0. The van der Waals surface area contributed by atoms with Crippen LogP contribution >= 0.6 is 0 Å². The van der Waals surface area contributed by atoms with Crippen molar-refractivity contribution >= 4 is 27.8 Å². The van der Waals surface area contributed by atoms with E-state index in [1.807, 2.05) is 0 Å². The maximum atomic E-state index is 8.52. The summed E-state index contributed by atoms with van der Waals surface area (Å²) in [5.41, 5.74) is 0. The first-order valence-corrected chi connectivity index (χ1v) is 2.00. The zero-order chi connectivity index (χ0) is 4.50. The van der Waals surface area contributed by atoms with Crippen LogP contribution in [0.25, 0.3) is 0 Å². The van der Waals surface area contributed by atoms with Crippen LogP contribution in [0.15, 0.2) is 0 Å². The second kappa shape index (κ2) is 7.32. The van der Waals surface area contributed by atoms with Crippen molar-refractivity contribution in [2.24, 2.45) is 0 Å². The predicted octanol–water partition coefficient (Wildman–Crippen LogP) is -3.37. The molecule has 0 atom stereocenters. The molecule has 48 valence electrons. The third-order valence-corrected chi connectivity index (χ3v) is 0. The van der Waals surface area contributed by atoms with Crippen LogP contribution < -0.4 is 0 Å². The zero-order valence-corrected chi connectivity index (χ0v) is 5.59. The first-order chi connectivity index (χ1) is 2.00. The Morgan fingerprint density at radius 1 is 1.00 bits per heavy atom. The third kappa shape index (κ3) is 1720. The molecule has 0 aliphatic carbocycles. The van der Waals surface area contributed by atoms with E-state index < -0.39 is 10.4 Å². The fraction of sp³-hybridized carbons (Fsp3) is 0. The van der Waals surface area contributed by atoms with Crippen molar-refractivity contribution in [1.82, 2.24) is 0 Å². The molecule has 0 aliphatic heterocycles. The fourth-order valence-corrected chi connectivity index (χ4v) is 0. The van der Waals surface area contributed by atoms with Crippen LogP contribution in [0.5, 0.6) is 0 Å². The maximum Gasteiger partial charge on any atom is 3.00 e. The molecule has 0 bridgehead atoms. The summed E-state index contributed by atoms with van der Waals surface area (Å²) in [6.07, 6.45) is 0. The van der Waals surface area contributed by atoms with E-state index in [4.69, 9.17) is 17.5 Å². The van der Waals surface area contributed by atoms with Gasteiger partial charge in [-0.3, -0.25) is 8.42 Å². The smallest absolute Gasteiger partial charge is 0.759 e. The zero-order valence-electron chi connectivity index (χ0n) is 3.62. The summed E-state index contributed by atoms with van der Waals surface area (Å²) >= 11 is 0. The molecule has 0 heterocycles. The van der Waals surface area contributed by atoms with Gasteiger partial charge in [0.25, 0.3) is 0 Å². The second-order valence-electron chi connectivity index (χ2n) is 0.408. The molecule has 0 aromatic carbocycles. The molecule has 0 radical (unpaired) electrons. The Hall–Kier alpha value is 0.322. The molecule has 0 aromatic rings. The molecule has 0 aromatic heterocycles. The molecule has 0 saturated carbocycles. The van der Waals surface area contributed by atoms with Gasteiger partial charge in [-0.1, -0.05) is 0 Å². The van der Waals surface area contributed by atoms with Crippen LogP contribution in [0.3, 0.4) is 0 Å². The van der Waals surface area contributed by atoms with Crippen molar-refractivity contribution in [3.63, 3.8) is 0 Å². The predicted molar refractivity (Wildman–Crippen MR) is 23.5 cm³/mol. The van der Waals surface area contributed by atoms with Gasteiger partial charge in [-0.05, 0) is 0 Å². The first-order valence-electron chi connectivity index (χ1n) is 0.667. The number of hydrogen-bond acceptors (Lipinski definition) is 4. The van der Waals surface area contributed by atoms with Crippen LogP contribution in [-0.4, -0.2) is 45.8 Å². The van der Waals surface area contributed by atoms with Crippen molar-refractivity contribution < 1.29 is 28.5 Å². The van der Waals surface area contributed by atoms with Crippen molar-refractivity contribution in [2.45, 2.75) is 0 Å². The summed E-state index contributed by atoms with van der Waals surface area (Å²) < 4.78 is 34.1. The summed E-state index contributed by atoms with van der Waals surface area (Å²) in [5, 5.41) is 0. The van der Waals surface area contributed by atoms with E-state index in [2.05, 4.69) is 0 Å². The van der Waals surface area contributed by atoms with E-state index in [1.54, 1.807) is 0 Å². The van der Waals surface area contributed by atoms with Gasteiger partial charge in [0, 0.05) is 10.4 Å². The van der Waals surface area contributed by atoms with Gasteiger partial charge >= 0.3 is 17.4 Å². The van der Waals surface area contributed by atoms with Crippen LogP contribution in [0.2, 0.25) is 0 Å². The minimum absolute atomic E-state index is 0. The number of rotatable bonds is 0. The Bertz CT molecular complexity index is 91.7. The molecule has 8 heteroatoms. The Balaban J connectivity index is -0.0000000267. The Morgan fingerprint density at radius 3 is 1.00 bits per heavy atom. The van der Waals surface area contributed by atoms with Gasteiger partial charge < -0.3 is 20.1 Å². The van der Waals surface area contributed by atoms with E-state index in [0.717, 1.165) is 0 Å². The van der Waals surface area contributed by atoms with Gasteiger partial charge in [0.2, 0.25) is 0 Å². The van der Waals surface area contributed by atoms with Gasteiger partial charge in [-0.2, -0.15) is 0 Å². The fourth-order valence-electron chi connectivity index (χ4n) is 0. The van der Waals surface area contributed by atoms with Gasteiger partial charge in [0.15, 0.2) is 0 Å². The molecule has 0 spiro atoms. The normalized spacial score (nSPS) is 7.25. The standard InChI is InChI=1S/Al.H2O4S.2H2O/c;1-5(2,3)4;;/h;(H2,1,2,3,4);2*1H2/q+3;;;/p-2. The largest absolute Gasteiger partial charge is 3.00 e. The van der Waals surface area contributed by atoms with E-state index in [9.17, 15) is 0 Å². The monoisotopic (exact) mass is 159 g/mol. The van der Waals surface area contributed by atoms with Crippen LogP contribution in [-0.2, 0) is 10.4 Å². The van der Waals surface area contributed by atoms with Crippen LogP contribution in [0.1, 0.15) is 0 Å². The van der Waals surface area contributed by atoms with Crippen molar-refractivity contribution in [3.05, 3.63) is 0 Å². The third-order valence-electron chi connectivity index (χ3n) is 0. The minimum Gasteiger partial charge on any atom is -0.759 e. The average Bonchev–Trinajstić information content (AvgIpc) is 0.722. The molecule has 0 aliphatic rings. The molecule has 8 heavy (non-hydrogen) atoms. The summed E-state index contributed by atoms with van der Waals surface area (Å²) in [5.74, 6) is 0. The van der Waals surface area contributed by atoms with Gasteiger partial charge in [-0.15, -0.1) is 0 Å². The summed E-state index contributed by atoms with van der Waals surface area (Å²) in [6.45, 7) is 0. The molecule has 0 rings (SSSR count). The van der Waals surface area contributed by atoms with E-state index in [1.165, 1.54) is 0 Å². The summed E-state index contributed by atoms with van der Waals surface area (Å²) in [6, 6.07) is 0. The second-order valence-corrected chi connectivity index (χ2v) is 1.22. The molecular formula is H4AlO6S+. The quantitative estimate of drug-likeness (QED) is 0.206. The van der Waals surface area contributed by atoms with Gasteiger partial charge in [0.05, 0.1) is 0 Å². The maximum absolute atomic E-state index is 8.52. The summed E-state index contributed by atoms with van der Waals surface area (Å²) in [4.78, 5) is 0. The van der Waals surface area contributed by atoms with Gasteiger partial charge in [0.1, 0.15) is 0 Å². The Kier molecular flexibility index (Phi) is 21.9. The van der Waals surface area contributed by atoms with Crippen molar-refractivity contribution in [3.8, 4) is 0 Å². The minimum atomic E-state index is -5.17. The molecule has 6 nitrogen and oxygen atoms in total. The van der Waals surface area contributed by atoms with Gasteiger partial charge in [-0.25, -0.2) is 0 Å². The molecule has 0 unspecified atom stereocenters. The Labute approximate surface area is 56.8 Å². The van der Waals surface area contributed by atoms with Crippen LogP contribution in [0.4, 0.5) is 0 Å². The first kappa shape index (κ1) is 23.9. The van der Waals surface area contributed by atoms with Crippen molar-refractivity contribution in [2.75, 3.05) is 0 Å². The molecular weight excluding hydrogens is 155 g/mol.